The predicted molar refractivity (Wildman–Crippen MR) is 56.1 cm³/mol. The first-order valence-corrected chi connectivity index (χ1v) is 5.70. The second-order valence-electron chi connectivity index (χ2n) is 4.66. The Morgan fingerprint density at radius 1 is 1.27 bits per heavy atom. The van der Waals surface area contributed by atoms with Gasteiger partial charge in [0.05, 0.1) is 0 Å². The van der Waals surface area contributed by atoms with Crippen molar-refractivity contribution in [2.24, 2.45) is 11.8 Å². The van der Waals surface area contributed by atoms with Crippen molar-refractivity contribution in [2.75, 3.05) is 13.1 Å². The van der Waals surface area contributed by atoms with E-state index in [4.69, 9.17) is 0 Å². The molecule has 3 atom stereocenters. The van der Waals surface area contributed by atoms with Gasteiger partial charge >= 0.3 is 0 Å². The summed E-state index contributed by atoms with van der Waals surface area (Å²) < 4.78 is 0. The number of carbonyl (C=O) groups excluding carboxylic acids is 2. The molecule has 3 unspecified atom stereocenters. The van der Waals surface area contributed by atoms with Crippen molar-refractivity contribution in [1.29, 1.82) is 0 Å². The van der Waals surface area contributed by atoms with Gasteiger partial charge in [0.1, 0.15) is 0 Å². The monoisotopic (exact) mass is 210 g/mol. The normalized spacial score (nSPS) is 36.7. The van der Waals surface area contributed by atoms with E-state index >= 15 is 0 Å². The van der Waals surface area contributed by atoms with Crippen LogP contribution in [0.25, 0.3) is 0 Å². The lowest BCUT2D eigenvalue weighted by Gasteiger charge is -2.19. The SMILES string of the molecule is CC1C(=O)N(CC2CCCN2)C(=O)C1C. The van der Waals surface area contributed by atoms with Crippen LogP contribution in [0.15, 0.2) is 0 Å². The molecule has 0 bridgehead atoms. The average Bonchev–Trinajstić information content (AvgIpc) is 2.79. The zero-order valence-corrected chi connectivity index (χ0v) is 9.32. The molecule has 0 aromatic carbocycles. The van der Waals surface area contributed by atoms with Crippen molar-refractivity contribution in [3.8, 4) is 0 Å². The van der Waals surface area contributed by atoms with Gasteiger partial charge in [-0.05, 0) is 19.4 Å². The molecule has 0 aromatic rings. The Bertz CT molecular complexity index is 264. The molecule has 2 aliphatic rings. The molecular formula is C11H18N2O2. The second-order valence-corrected chi connectivity index (χ2v) is 4.66. The lowest BCUT2D eigenvalue weighted by atomic mass is 10.00. The fourth-order valence-corrected chi connectivity index (χ4v) is 2.34. The van der Waals surface area contributed by atoms with E-state index in [-0.39, 0.29) is 23.7 Å². The van der Waals surface area contributed by atoms with Crippen LogP contribution >= 0.6 is 0 Å². The highest BCUT2D eigenvalue weighted by Crippen LogP contribution is 2.26. The van der Waals surface area contributed by atoms with E-state index in [0.29, 0.717) is 12.6 Å². The molecule has 0 aromatic heterocycles. The molecule has 1 N–H and O–H groups in total. The molecule has 2 aliphatic heterocycles. The van der Waals surface area contributed by atoms with Gasteiger partial charge in [-0.1, -0.05) is 13.8 Å². The van der Waals surface area contributed by atoms with E-state index in [1.54, 1.807) is 0 Å². The van der Waals surface area contributed by atoms with Crippen LogP contribution in [0.5, 0.6) is 0 Å². The number of nitrogens with zero attached hydrogens (tertiary/aromatic N) is 1. The van der Waals surface area contributed by atoms with Gasteiger partial charge in [-0.3, -0.25) is 14.5 Å². The zero-order chi connectivity index (χ0) is 11.0. The van der Waals surface area contributed by atoms with Crippen LogP contribution in [-0.4, -0.2) is 35.8 Å². The van der Waals surface area contributed by atoms with Crippen LogP contribution in [0.4, 0.5) is 0 Å². The maximum absolute atomic E-state index is 11.8. The van der Waals surface area contributed by atoms with E-state index < -0.39 is 0 Å². The van der Waals surface area contributed by atoms with Gasteiger partial charge in [-0.15, -0.1) is 0 Å². The molecule has 0 spiro atoms. The van der Waals surface area contributed by atoms with Crippen LogP contribution in [0.3, 0.4) is 0 Å². The van der Waals surface area contributed by atoms with Gasteiger partial charge in [0.15, 0.2) is 0 Å². The summed E-state index contributed by atoms with van der Waals surface area (Å²) in [7, 11) is 0. The number of likely N-dealkylation sites (tertiary alicyclic amines) is 1. The smallest absolute Gasteiger partial charge is 0.232 e. The quantitative estimate of drug-likeness (QED) is 0.670. The average molecular weight is 210 g/mol. The van der Waals surface area contributed by atoms with Crippen LogP contribution in [0.2, 0.25) is 0 Å². The zero-order valence-electron chi connectivity index (χ0n) is 9.32. The number of hydrogen-bond donors (Lipinski definition) is 1. The minimum Gasteiger partial charge on any atom is -0.312 e. The number of imide groups is 1. The van der Waals surface area contributed by atoms with Gasteiger partial charge in [0.25, 0.3) is 0 Å². The molecule has 4 nitrogen and oxygen atoms in total. The van der Waals surface area contributed by atoms with Crippen molar-refractivity contribution in [3.05, 3.63) is 0 Å². The third-order valence-electron chi connectivity index (χ3n) is 3.63. The maximum atomic E-state index is 11.8. The summed E-state index contributed by atoms with van der Waals surface area (Å²) >= 11 is 0. The Morgan fingerprint density at radius 3 is 2.33 bits per heavy atom. The fraction of sp³-hybridized carbons (Fsp3) is 0.818. The summed E-state index contributed by atoms with van der Waals surface area (Å²) in [4.78, 5) is 25.0. The molecule has 2 saturated heterocycles. The van der Waals surface area contributed by atoms with Gasteiger partial charge in [0.2, 0.25) is 11.8 Å². The van der Waals surface area contributed by atoms with E-state index in [1.807, 2.05) is 13.8 Å². The number of hydrogen-bond acceptors (Lipinski definition) is 3. The third-order valence-corrected chi connectivity index (χ3v) is 3.63. The largest absolute Gasteiger partial charge is 0.312 e. The number of rotatable bonds is 2. The fourth-order valence-electron chi connectivity index (χ4n) is 2.34. The molecule has 2 heterocycles. The standard InChI is InChI=1S/C11H18N2O2/c1-7-8(2)11(15)13(10(7)14)6-9-4-3-5-12-9/h7-9,12H,3-6H2,1-2H3. The summed E-state index contributed by atoms with van der Waals surface area (Å²) in [6.45, 7) is 5.25. The van der Waals surface area contributed by atoms with Gasteiger partial charge in [0, 0.05) is 24.4 Å². The molecule has 0 aliphatic carbocycles. The van der Waals surface area contributed by atoms with Gasteiger partial charge < -0.3 is 5.32 Å². The van der Waals surface area contributed by atoms with E-state index in [9.17, 15) is 9.59 Å². The Morgan fingerprint density at radius 2 is 1.87 bits per heavy atom. The highest BCUT2D eigenvalue weighted by molar-refractivity contribution is 6.04. The second kappa shape index (κ2) is 3.93. The molecule has 15 heavy (non-hydrogen) atoms. The first-order valence-electron chi connectivity index (χ1n) is 5.70. The highest BCUT2D eigenvalue weighted by Gasteiger charge is 2.42. The molecule has 2 fully saturated rings. The molecule has 84 valence electrons. The molecular weight excluding hydrogens is 192 g/mol. The Kier molecular flexibility index (Phi) is 2.78. The molecule has 2 amide bonds. The first kappa shape index (κ1) is 10.6. The topological polar surface area (TPSA) is 49.4 Å². The van der Waals surface area contributed by atoms with Crippen LogP contribution < -0.4 is 5.32 Å². The number of nitrogens with one attached hydrogen (secondary N) is 1. The van der Waals surface area contributed by atoms with Crippen molar-refractivity contribution in [3.63, 3.8) is 0 Å². The van der Waals surface area contributed by atoms with Crippen molar-refractivity contribution in [2.45, 2.75) is 32.7 Å². The molecule has 0 radical (unpaired) electrons. The summed E-state index contributed by atoms with van der Waals surface area (Å²) in [6, 6.07) is 0.315. The minimum atomic E-state index is -0.140. The molecule has 2 rings (SSSR count). The Labute approximate surface area is 90.0 Å². The lowest BCUT2D eigenvalue weighted by Crippen LogP contribution is -2.41. The summed E-state index contributed by atoms with van der Waals surface area (Å²) in [5.74, 6) is -0.278. The minimum absolute atomic E-state index is 0.00111. The van der Waals surface area contributed by atoms with Crippen molar-refractivity contribution < 1.29 is 9.59 Å². The van der Waals surface area contributed by atoms with E-state index in [0.717, 1.165) is 19.4 Å². The summed E-state index contributed by atoms with van der Waals surface area (Å²) in [6.07, 6.45) is 2.21. The number of amides is 2. The first-order chi connectivity index (χ1) is 7.11. The van der Waals surface area contributed by atoms with Gasteiger partial charge in [-0.2, -0.15) is 0 Å². The summed E-state index contributed by atoms with van der Waals surface area (Å²) in [5, 5.41) is 3.31. The van der Waals surface area contributed by atoms with Crippen molar-refractivity contribution in [1.82, 2.24) is 10.2 Å². The van der Waals surface area contributed by atoms with Crippen LogP contribution in [-0.2, 0) is 9.59 Å². The predicted octanol–water partition coefficient (Wildman–Crippen LogP) is 0.379. The summed E-state index contributed by atoms with van der Waals surface area (Å²) in [5.41, 5.74) is 0. The lowest BCUT2D eigenvalue weighted by molar-refractivity contribution is -0.140. The van der Waals surface area contributed by atoms with Crippen LogP contribution in [0.1, 0.15) is 26.7 Å². The Balaban J connectivity index is 2.02. The van der Waals surface area contributed by atoms with Crippen LogP contribution in [0, 0.1) is 11.8 Å². The highest BCUT2D eigenvalue weighted by atomic mass is 16.2. The Hall–Kier alpha value is -0.900. The molecule has 4 heteroatoms. The molecule has 0 saturated carbocycles. The van der Waals surface area contributed by atoms with E-state index in [2.05, 4.69) is 5.32 Å². The van der Waals surface area contributed by atoms with E-state index in [1.165, 1.54) is 4.90 Å². The number of carbonyl (C=O) groups is 2. The third kappa shape index (κ3) is 1.78. The van der Waals surface area contributed by atoms with Gasteiger partial charge in [-0.25, -0.2) is 0 Å². The maximum Gasteiger partial charge on any atom is 0.232 e. The van der Waals surface area contributed by atoms with Crippen molar-refractivity contribution >= 4 is 11.8 Å².